The highest BCUT2D eigenvalue weighted by molar-refractivity contribution is 5.54. The van der Waals surface area contributed by atoms with Crippen molar-refractivity contribution in [1.29, 1.82) is 0 Å². The number of rotatable bonds is 4. The van der Waals surface area contributed by atoms with E-state index in [4.69, 9.17) is 6.42 Å². The average Bonchev–Trinajstić information content (AvgIpc) is 2.46. The summed E-state index contributed by atoms with van der Waals surface area (Å²) in [6.45, 7) is 6.13. The number of hydrogen-bond donors (Lipinski definition) is 0. The maximum Gasteiger partial charge on any atom is 0.0441 e. The second-order valence-corrected chi connectivity index (χ2v) is 4.60. The highest BCUT2D eigenvalue weighted by Crippen LogP contribution is 2.22. The van der Waals surface area contributed by atoms with E-state index in [0.29, 0.717) is 0 Å². The SMILES string of the molecule is C#Cc1ccccc1CN(CC)c1ccccc1C. The van der Waals surface area contributed by atoms with Crippen molar-refractivity contribution in [3.63, 3.8) is 0 Å². The van der Waals surface area contributed by atoms with Gasteiger partial charge < -0.3 is 4.90 Å². The van der Waals surface area contributed by atoms with Gasteiger partial charge in [0.1, 0.15) is 0 Å². The minimum atomic E-state index is 0.849. The number of hydrogen-bond acceptors (Lipinski definition) is 1. The van der Waals surface area contributed by atoms with Gasteiger partial charge in [-0.05, 0) is 37.1 Å². The molecule has 0 amide bonds. The Hall–Kier alpha value is -2.20. The lowest BCUT2D eigenvalue weighted by atomic mass is 10.1. The molecule has 0 spiro atoms. The maximum atomic E-state index is 5.57. The molecule has 0 aromatic heterocycles. The largest absolute Gasteiger partial charge is 0.367 e. The van der Waals surface area contributed by atoms with Gasteiger partial charge in [-0.2, -0.15) is 0 Å². The molecule has 0 heterocycles. The normalized spacial score (nSPS) is 9.95. The van der Waals surface area contributed by atoms with Crippen LogP contribution in [-0.2, 0) is 6.54 Å². The summed E-state index contributed by atoms with van der Waals surface area (Å²) in [5.74, 6) is 2.76. The molecular formula is C18H19N. The third-order valence-electron chi connectivity index (χ3n) is 3.37. The van der Waals surface area contributed by atoms with Gasteiger partial charge in [-0.25, -0.2) is 0 Å². The van der Waals surface area contributed by atoms with E-state index in [0.717, 1.165) is 18.7 Å². The van der Waals surface area contributed by atoms with Crippen LogP contribution in [0.2, 0.25) is 0 Å². The van der Waals surface area contributed by atoms with Crippen LogP contribution in [0.5, 0.6) is 0 Å². The summed E-state index contributed by atoms with van der Waals surface area (Å²) in [7, 11) is 0. The lowest BCUT2D eigenvalue weighted by Gasteiger charge is -2.25. The first-order valence-corrected chi connectivity index (χ1v) is 6.61. The fourth-order valence-corrected chi connectivity index (χ4v) is 2.29. The van der Waals surface area contributed by atoms with Crippen molar-refractivity contribution in [1.82, 2.24) is 0 Å². The number of nitrogens with zero attached hydrogens (tertiary/aromatic N) is 1. The van der Waals surface area contributed by atoms with Gasteiger partial charge >= 0.3 is 0 Å². The first-order chi connectivity index (χ1) is 9.26. The highest BCUT2D eigenvalue weighted by Gasteiger charge is 2.09. The third kappa shape index (κ3) is 2.98. The van der Waals surface area contributed by atoms with Crippen molar-refractivity contribution in [2.75, 3.05) is 11.4 Å². The molecule has 96 valence electrons. The Morgan fingerprint density at radius 2 is 1.74 bits per heavy atom. The Kier molecular flexibility index (Phi) is 4.26. The van der Waals surface area contributed by atoms with E-state index in [9.17, 15) is 0 Å². The quantitative estimate of drug-likeness (QED) is 0.740. The number of anilines is 1. The third-order valence-corrected chi connectivity index (χ3v) is 3.37. The monoisotopic (exact) mass is 249 g/mol. The zero-order chi connectivity index (χ0) is 13.7. The number of aryl methyl sites for hydroxylation is 1. The van der Waals surface area contributed by atoms with Crippen LogP contribution in [-0.4, -0.2) is 6.54 Å². The van der Waals surface area contributed by atoms with Crippen LogP contribution in [0.15, 0.2) is 48.5 Å². The molecule has 0 saturated carbocycles. The minimum absolute atomic E-state index is 0.849. The van der Waals surface area contributed by atoms with Gasteiger partial charge in [0.2, 0.25) is 0 Å². The molecule has 2 aromatic carbocycles. The van der Waals surface area contributed by atoms with E-state index in [1.54, 1.807) is 0 Å². The van der Waals surface area contributed by atoms with Crippen molar-refractivity contribution in [3.8, 4) is 12.3 Å². The molecule has 0 aliphatic carbocycles. The van der Waals surface area contributed by atoms with Crippen molar-refractivity contribution >= 4 is 5.69 Å². The Morgan fingerprint density at radius 3 is 2.42 bits per heavy atom. The summed E-state index contributed by atoms with van der Waals surface area (Å²) in [6.07, 6.45) is 5.57. The Morgan fingerprint density at radius 1 is 1.05 bits per heavy atom. The molecule has 0 aliphatic heterocycles. The van der Waals surface area contributed by atoms with Gasteiger partial charge in [0, 0.05) is 24.3 Å². The number of benzene rings is 2. The summed E-state index contributed by atoms with van der Waals surface area (Å²) in [5, 5.41) is 0. The number of para-hydroxylation sites is 1. The molecule has 0 unspecified atom stereocenters. The van der Waals surface area contributed by atoms with Crippen molar-refractivity contribution in [2.45, 2.75) is 20.4 Å². The van der Waals surface area contributed by atoms with Gasteiger partial charge in [-0.3, -0.25) is 0 Å². The van der Waals surface area contributed by atoms with Crippen LogP contribution in [0.4, 0.5) is 5.69 Å². The van der Waals surface area contributed by atoms with Crippen LogP contribution in [0, 0.1) is 19.3 Å². The van der Waals surface area contributed by atoms with Gasteiger partial charge in [-0.1, -0.05) is 42.3 Å². The first-order valence-electron chi connectivity index (χ1n) is 6.61. The van der Waals surface area contributed by atoms with Gasteiger partial charge in [-0.15, -0.1) is 6.42 Å². The summed E-state index contributed by atoms with van der Waals surface area (Å²) in [4.78, 5) is 2.35. The van der Waals surface area contributed by atoms with Gasteiger partial charge in [0.05, 0.1) is 0 Å². The fraction of sp³-hybridized carbons (Fsp3) is 0.222. The molecule has 0 radical (unpaired) electrons. The summed E-state index contributed by atoms with van der Waals surface area (Å²) in [5.41, 5.74) is 4.75. The van der Waals surface area contributed by atoms with Crippen LogP contribution >= 0.6 is 0 Å². The summed E-state index contributed by atoms with van der Waals surface area (Å²) < 4.78 is 0. The molecular weight excluding hydrogens is 230 g/mol. The Labute approximate surface area is 115 Å². The predicted molar refractivity (Wildman–Crippen MR) is 82.3 cm³/mol. The molecule has 0 fully saturated rings. The van der Waals surface area contributed by atoms with Crippen LogP contribution in [0.3, 0.4) is 0 Å². The van der Waals surface area contributed by atoms with Crippen LogP contribution in [0.1, 0.15) is 23.6 Å². The molecule has 1 nitrogen and oxygen atoms in total. The summed E-state index contributed by atoms with van der Waals surface area (Å²) in [6, 6.07) is 16.6. The molecule has 0 N–H and O–H groups in total. The van der Waals surface area contributed by atoms with E-state index in [1.165, 1.54) is 16.8 Å². The fourth-order valence-electron chi connectivity index (χ4n) is 2.29. The van der Waals surface area contributed by atoms with E-state index in [1.807, 2.05) is 18.2 Å². The van der Waals surface area contributed by atoms with E-state index < -0.39 is 0 Å². The molecule has 0 atom stereocenters. The second kappa shape index (κ2) is 6.11. The van der Waals surface area contributed by atoms with Gasteiger partial charge in [0.25, 0.3) is 0 Å². The van der Waals surface area contributed by atoms with Crippen molar-refractivity contribution < 1.29 is 0 Å². The molecule has 0 bridgehead atoms. The molecule has 1 heteroatoms. The topological polar surface area (TPSA) is 3.24 Å². The average molecular weight is 249 g/mol. The first kappa shape index (κ1) is 13.2. The molecule has 2 rings (SSSR count). The van der Waals surface area contributed by atoms with Crippen LogP contribution < -0.4 is 4.90 Å². The standard InChI is InChI=1S/C18H19N/c1-4-16-11-7-8-12-17(16)14-19(5-2)18-13-9-6-10-15(18)3/h1,6-13H,5,14H2,2-3H3. The lowest BCUT2D eigenvalue weighted by Crippen LogP contribution is -2.23. The van der Waals surface area contributed by atoms with Gasteiger partial charge in [0.15, 0.2) is 0 Å². The minimum Gasteiger partial charge on any atom is -0.367 e. The molecule has 0 saturated heterocycles. The Bertz CT molecular complexity index is 593. The van der Waals surface area contributed by atoms with E-state index in [-0.39, 0.29) is 0 Å². The molecule has 2 aromatic rings. The second-order valence-electron chi connectivity index (χ2n) is 4.60. The maximum absolute atomic E-state index is 5.57. The lowest BCUT2D eigenvalue weighted by molar-refractivity contribution is 0.826. The van der Waals surface area contributed by atoms with Crippen LogP contribution in [0.25, 0.3) is 0 Å². The van der Waals surface area contributed by atoms with Crippen molar-refractivity contribution in [2.24, 2.45) is 0 Å². The summed E-state index contributed by atoms with van der Waals surface area (Å²) >= 11 is 0. The van der Waals surface area contributed by atoms with E-state index >= 15 is 0 Å². The molecule has 0 aliphatic rings. The predicted octanol–water partition coefficient (Wildman–Crippen LogP) is 4.00. The van der Waals surface area contributed by atoms with E-state index in [2.05, 4.69) is 55.0 Å². The smallest absolute Gasteiger partial charge is 0.0441 e. The van der Waals surface area contributed by atoms with Crippen molar-refractivity contribution in [3.05, 3.63) is 65.2 Å². The zero-order valence-electron chi connectivity index (χ0n) is 11.6. The zero-order valence-corrected chi connectivity index (χ0v) is 11.6. The highest BCUT2D eigenvalue weighted by atomic mass is 15.1. The number of terminal acetylenes is 1. The molecule has 19 heavy (non-hydrogen) atoms. The Balaban J connectivity index is 2.30.